The lowest BCUT2D eigenvalue weighted by Gasteiger charge is -2.44. The molecule has 1 aliphatic rings. The molecular formula is C21H21F3N4O3S2. The summed E-state index contributed by atoms with van der Waals surface area (Å²) in [6, 6.07) is 6.28. The highest BCUT2D eigenvalue weighted by atomic mass is 32.2. The number of rotatable bonds is 8. The van der Waals surface area contributed by atoms with Crippen LogP contribution >= 0.6 is 11.3 Å². The first kappa shape index (κ1) is 23.5. The molecule has 176 valence electrons. The zero-order valence-electron chi connectivity index (χ0n) is 17.5. The summed E-state index contributed by atoms with van der Waals surface area (Å²) in [5, 5.41) is 14.0. The normalized spacial score (nSPS) is 15.8. The molecule has 7 nitrogen and oxygen atoms in total. The number of halogens is 3. The molecule has 2 heterocycles. The summed E-state index contributed by atoms with van der Waals surface area (Å²) in [4.78, 5) is 4.56. The maximum absolute atomic E-state index is 14.6. The Balaban J connectivity index is 1.51. The third kappa shape index (κ3) is 5.29. The van der Waals surface area contributed by atoms with Crippen LogP contribution in [0.1, 0.15) is 18.1 Å². The standard InChI is InChI=1S/C21H21F3N4O3S2/c1-21(29)10-28(11-21)8-13-3-2-4-16(22)15(13)7-25-14-5-17(23)20(18(24)6-14)33(30,31)27-19-9-32-12-26-19/h2-6,9,12,25,27,29H,7-8,10-11H2,1H3. The fraction of sp³-hybridized carbons (Fsp3) is 0.286. The Hall–Kier alpha value is -2.67. The van der Waals surface area contributed by atoms with Crippen LogP contribution in [0.15, 0.2) is 46.1 Å². The van der Waals surface area contributed by atoms with Crippen LogP contribution in [0.4, 0.5) is 24.7 Å². The van der Waals surface area contributed by atoms with Crippen LogP contribution in [0, 0.1) is 17.5 Å². The number of β-amino-alcohol motifs (C(OH)–C–C–N with tert-alkyl or cyclic N) is 1. The molecule has 1 aromatic heterocycles. The van der Waals surface area contributed by atoms with Crippen LogP contribution in [-0.2, 0) is 23.1 Å². The molecule has 0 aliphatic carbocycles. The number of benzene rings is 2. The van der Waals surface area contributed by atoms with Gasteiger partial charge in [0.2, 0.25) is 0 Å². The molecule has 0 atom stereocenters. The second-order valence-corrected chi connectivity index (χ2v) is 10.5. The fourth-order valence-electron chi connectivity index (χ4n) is 3.78. The van der Waals surface area contributed by atoms with Gasteiger partial charge in [-0.25, -0.2) is 26.6 Å². The van der Waals surface area contributed by atoms with E-state index in [2.05, 4.69) is 10.3 Å². The number of thiazole rings is 1. The molecular weight excluding hydrogens is 477 g/mol. The maximum atomic E-state index is 14.6. The highest BCUT2D eigenvalue weighted by Gasteiger charge is 2.36. The summed E-state index contributed by atoms with van der Waals surface area (Å²) < 4.78 is 70.5. The second kappa shape index (κ2) is 8.93. The van der Waals surface area contributed by atoms with E-state index in [0.29, 0.717) is 30.8 Å². The monoisotopic (exact) mass is 498 g/mol. The summed E-state index contributed by atoms with van der Waals surface area (Å²) in [7, 11) is -4.53. The largest absolute Gasteiger partial charge is 0.388 e. The Morgan fingerprint density at radius 3 is 2.48 bits per heavy atom. The van der Waals surface area contributed by atoms with Gasteiger partial charge in [0.1, 0.15) is 17.5 Å². The Labute approximate surface area is 193 Å². The van der Waals surface area contributed by atoms with Gasteiger partial charge in [-0.2, -0.15) is 0 Å². The van der Waals surface area contributed by atoms with E-state index in [1.165, 1.54) is 17.0 Å². The van der Waals surface area contributed by atoms with E-state index in [1.807, 2.05) is 9.62 Å². The van der Waals surface area contributed by atoms with Crippen molar-refractivity contribution in [1.29, 1.82) is 0 Å². The van der Waals surface area contributed by atoms with Crippen LogP contribution in [0.2, 0.25) is 0 Å². The van der Waals surface area contributed by atoms with Gasteiger partial charge in [-0.15, -0.1) is 11.3 Å². The van der Waals surface area contributed by atoms with Gasteiger partial charge in [-0.05, 0) is 30.7 Å². The minimum Gasteiger partial charge on any atom is -0.388 e. The summed E-state index contributed by atoms with van der Waals surface area (Å²) >= 11 is 1.12. The lowest BCUT2D eigenvalue weighted by molar-refractivity contribution is -0.0872. The number of aliphatic hydroxyl groups is 1. The molecule has 0 spiro atoms. The van der Waals surface area contributed by atoms with E-state index in [4.69, 9.17) is 0 Å². The van der Waals surface area contributed by atoms with Crippen molar-refractivity contribution in [2.24, 2.45) is 0 Å². The lowest BCUT2D eigenvalue weighted by atomic mass is 9.95. The molecule has 0 saturated carbocycles. The number of hydrogen-bond acceptors (Lipinski definition) is 7. The number of sulfonamides is 1. The van der Waals surface area contributed by atoms with Crippen molar-refractivity contribution >= 4 is 32.9 Å². The van der Waals surface area contributed by atoms with E-state index in [0.717, 1.165) is 23.5 Å². The highest BCUT2D eigenvalue weighted by Crippen LogP contribution is 2.27. The topological polar surface area (TPSA) is 94.6 Å². The zero-order chi connectivity index (χ0) is 23.8. The second-order valence-electron chi connectivity index (χ2n) is 8.12. The maximum Gasteiger partial charge on any atom is 0.268 e. The van der Waals surface area contributed by atoms with E-state index in [-0.39, 0.29) is 18.1 Å². The summed E-state index contributed by atoms with van der Waals surface area (Å²) in [5.74, 6) is -3.12. The third-order valence-corrected chi connectivity index (χ3v) is 7.14. The Bertz CT molecular complexity index is 1240. The van der Waals surface area contributed by atoms with Crippen LogP contribution in [-0.4, -0.2) is 42.1 Å². The number of likely N-dealkylation sites (tertiary alicyclic amines) is 1. The van der Waals surface area contributed by atoms with Crippen molar-refractivity contribution < 1.29 is 26.7 Å². The average Bonchev–Trinajstić information content (AvgIpc) is 3.17. The van der Waals surface area contributed by atoms with Crippen molar-refractivity contribution in [1.82, 2.24) is 9.88 Å². The average molecular weight is 499 g/mol. The van der Waals surface area contributed by atoms with E-state index in [1.54, 1.807) is 19.1 Å². The van der Waals surface area contributed by atoms with Gasteiger partial charge < -0.3 is 10.4 Å². The molecule has 0 radical (unpaired) electrons. The number of nitrogens with one attached hydrogen (secondary N) is 2. The number of aromatic nitrogens is 1. The Kier molecular flexibility index (Phi) is 6.36. The molecule has 2 aromatic carbocycles. The van der Waals surface area contributed by atoms with Crippen LogP contribution in [0.3, 0.4) is 0 Å². The zero-order valence-corrected chi connectivity index (χ0v) is 19.1. The molecule has 0 unspecified atom stereocenters. The highest BCUT2D eigenvalue weighted by molar-refractivity contribution is 7.92. The summed E-state index contributed by atoms with van der Waals surface area (Å²) in [5.41, 5.74) is 1.55. The minimum atomic E-state index is -4.53. The molecule has 33 heavy (non-hydrogen) atoms. The van der Waals surface area contributed by atoms with Crippen molar-refractivity contribution in [2.45, 2.75) is 30.5 Å². The van der Waals surface area contributed by atoms with Crippen LogP contribution in [0.25, 0.3) is 0 Å². The lowest BCUT2D eigenvalue weighted by Crippen LogP contribution is -2.59. The number of hydrogen-bond donors (Lipinski definition) is 3. The fourth-order valence-corrected chi connectivity index (χ4v) is 5.46. The molecule has 1 aliphatic heterocycles. The first-order chi connectivity index (χ1) is 15.5. The van der Waals surface area contributed by atoms with Gasteiger partial charge in [0.25, 0.3) is 10.0 Å². The SMILES string of the molecule is CC1(O)CN(Cc2cccc(F)c2CNc2cc(F)c(S(=O)(=O)Nc3cscn3)c(F)c2)C1. The minimum absolute atomic E-state index is 0.0429. The van der Waals surface area contributed by atoms with Crippen molar-refractivity contribution in [3.63, 3.8) is 0 Å². The predicted octanol–water partition coefficient (Wildman–Crippen LogP) is 3.54. The van der Waals surface area contributed by atoms with Gasteiger partial charge in [0.05, 0.1) is 11.1 Å². The van der Waals surface area contributed by atoms with Crippen molar-refractivity contribution in [3.05, 3.63) is 69.8 Å². The van der Waals surface area contributed by atoms with Crippen molar-refractivity contribution in [3.8, 4) is 0 Å². The van der Waals surface area contributed by atoms with Gasteiger partial charge in [0.15, 0.2) is 10.7 Å². The van der Waals surface area contributed by atoms with E-state index >= 15 is 0 Å². The van der Waals surface area contributed by atoms with Crippen LogP contribution < -0.4 is 10.0 Å². The smallest absolute Gasteiger partial charge is 0.268 e. The predicted molar refractivity (Wildman–Crippen MR) is 119 cm³/mol. The first-order valence-corrected chi connectivity index (χ1v) is 12.3. The van der Waals surface area contributed by atoms with Gasteiger partial charge in [-0.3, -0.25) is 9.62 Å². The quantitative estimate of drug-likeness (QED) is 0.440. The molecule has 4 rings (SSSR count). The third-order valence-electron chi connectivity index (χ3n) is 5.15. The number of anilines is 2. The molecule has 1 saturated heterocycles. The molecule has 1 fully saturated rings. The molecule has 12 heteroatoms. The van der Waals surface area contributed by atoms with Gasteiger partial charge in [-0.1, -0.05) is 12.1 Å². The van der Waals surface area contributed by atoms with Crippen molar-refractivity contribution in [2.75, 3.05) is 23.1 Å². The molecule has 0 amide bonds. The first-order valence-electron chi connectivity index (χ1n) is 9.89. The van der Waals surface area contributed by atoms with E-state index < -0.39 is 38.0 Å². The Morgan fingerprint density at radius 2 is 1.88 bits per heavy atom. The summed E-state index contributed by atoms with van der Waals surface area (Å²) in [6.07, 6.45) is 0. The van der Waals surface area contributed by atoms with Gasteiger partial charge >= 0.3 is 0 Å². The van der Waals surface area contributed by atoms with Gasteiger partial charge in [0, 0.05) is 42.8 Å². The molecule has 3 aromatic rings. The Morgan fingerprint density at radius 1 is 1.18 bits per heavy atom. The van der Waals surface area contributed by atoms with Crippen LogP contribution in [0.5, 0.6) is 0 Å². The summed E-state index contributed by atoms with van der Waals surface area (Å²) in [6.45, 7) is 2.97. The number of nitrogens with zero attached hydrogens (tertiary/aromatic N) is 2. The molecule has 0 bridgehead atoms. The molecule has 3 N–H and O–H groups in total. The van der Waals surface area contributed by atoms with E-state index in [9.17, 15) is 26.7 Å².